The minimum Gasteiger partial charge on any atom is -0.370 e. The van der Waals surface area contributed by atoms with Crippen molar-refractivity contribution in [3.63, 3.8) is 0 Å². The van der Waals surface area contributed by atoms with Gasteiger partial charge in [0.25, 0.3) is 16.0 Å². The van der Waals surface area contributed by atoms with E-state index in [1.807, 2.05) is 52.8 Å². The highest BCUT2D eigenvalue weighted by Gasteiger charge is 2.35. The molecule has 0 atom stereocenters. The molecule has 3 N–H and O–H groups in total. The lowest BCUT2D eigenvalue weighted by Gasteiger charge is -2.24. The van der Waals surface area contributed by atoms with Crippen molar-refractivity contribution in [2.45, 2.75) is 39.5 Å². The smallest absolute Gasteiger partial charge is 0.294 e. The second-order valence-electron chi connectivity index (χ2n) is 12.6. The molecular formula is C33H38N8O6S2. The summed E-state index contributed by atoms with van der Waals surface area (Å²) in [5, 5.41) is 12.1. The number of amides is 1. The zero-order chi connectivity index (χ0) is 35.7. The fourth-order valence-corrected chi connectivity index (χ4v) is 6.11. The quantitative estimate of drug-likeness (QED) is 0.189. The van der Waals surface area contributed by atoms with Crippen LogP contribution in [0, 0.1) is 12.3 Å². The van der Waals surface area contributed by atoms with Gasteiger partial charge in [0, 0.05) is 47.6 Å². The molecule has 0 saturated heterocycles. The van der Waals surface area contributed by atoms with Crippen molar-refractivity contribution in [1.29, 1.82) is 0 Å². The van der Waals surface area contributed by atoms with Crippen LogP contribution in [0.25, 0.3) is 11.4 Å². The molecule has 0 fully saturated rings. The normalized spacial score (nSPS) is 14.1. The fraction of sp³-hybridized carbons (Fsp3) is 0.303. The van der Waals surface area contributed by atoms with Gasteiger partial charge in [-0.1, -0.05) is 26.8 Å². The van der Waals surface area contributed by atoms with Crippen molar-refractivity contribution in [2.75, 3.05) is 36.1 Å². The maximum absolute atomic E-state index is 12.7. The highest BCUT2D eigenvalue weighted by Crippen LogP contribution is 2.31. The van der Waals surface area contributed by atoms with E-state index >= 15 is 0 Å². The van der Waals surface area contributed by atoms with E-state index in [0.29, 0.717) is 48.2 Å². The van der Waals surface area contributed by atoms with Crippen LogP contribution < -0.4 is 14.9 Å². The lowest BCUT2D eigenvalue weighted by molar-refractivity contribution is 0.102. The van der Waals surface area contributed by atoms with Crippen LogP contribution in [0.1, 0.15) is 49.4 Å². The minimum absolute atomic E-state index is 0.0696. The molecule has 258 valence electrons. The van der Waals surface area contributed by atoms with Crippen molar-refractivity contribution in [1.82, 2.24) is 19.6 Å². The number of carbonyl (C=O) groups is 1. The molecule has 14 nitrogen and oxygen atoms in total. The number of rotatable bonds is 11. The summed E-state index contributed by atoms with van der Waals surface area (Å²) >= 11 is 0. The van der Waals surface area contributed by atoms with Gasteiger partial charge >= 0.3 is 0 Å². The van der Waals surface area contributed by atoms with Gasteiger partial charge in [-0.25, -0.2) is 23.1 Å². The molecule has 0 saturated carbocycles. The van der Waals surface area contributed by atoms with Gasteiger partial charge in [-0.05, 0) is 80.1 Å². The number of aliphatic imine (C=N–C) groups is 1. The third-order valence-corrected chi connectivity index (χ3v) is 9.21. The van der Waals surface area contributed by atoms with E-state index in [9.17, 15) is 26.2 Å². The predicted molar refractivity (Wildman–Crippen MR) is 190 cm³/mol. The molecule has 0 radical (unpaired) electrons. The third kappa shape index (κ3) is 8.45. The Morgan fingerprint density at radius 3 is 2.35 bits per heavy atom. The Morgan fingerprint density at radius 1 is 1.02 bits per heavy atom. The van der Waals surface area contributed by atoms with E-state index in [1.54, 1.807) is 24.3 Å². The number of nitrogens with zero attached hydrogens (tertiary/aromatic N) is 6. The minimum atomic E-state index is -4.45. The average molecular weight is 707 g/mol. The summed E-state index contributed by atoms with van der Waals surface area (Å²) in [6.45, 7) is 11.6. The second-order valence-corrected chi connectivity index (χ2v) is 15.8. The van der Waals surface area contributed by atoms with Gasteiger partial charge in [0.05, 0.1) is 22.6 Å². The number of hydrogen-bond donors (Lipinski definition) is 3. The number of aromatic nitrogens is 3. The van der Waals surface area contributed by atoms with Crippen molar-refractivity contribution in [3.8, 4) is 11.4 Å². The van der Waals surface area contributed by atoms with Gasteiger partial charge in [-0.3, -0.25) is 9.35 Å². The summed E-state index contributed by atoms with van der Waals surface area (Å²) in [7, 11) is -7.72. The number of anilines is 2. The monoisotopic (exact) mass is 706 g/mol. The van der Waals surface area contributed by atoms with Gasteiger partial charge in [-0.2, -0.15) is 13.5 Å². The number of fused-ring (bicyclic) bond motifs is 1. The second kappa shape index (κ2) is 13.6. The Morgan fingerprint density at radius 2 is 1.73 bits per heavy atom. The van der Waals surface area contributed by atoms with Crippen LogP contribution in [0.5, 0.6) is 0 Å². The van der Waals surface area contributed by atoms with Crippen LogP contribution in [0.4, 0.5) is 17.1 Å². The summed E-state index contributed by atoms with van der Waals surface area (Å²) in [6.07, 6.45) is 1.14. The van der Waals surface area contributed by atoms with Gasteiger partial charge in [0.2, 0.25) is 15.8 Å². The summed E-state index contributed by atoms with van der Waals surface area (Å²) < 4.78 is 57.7. The van der Waals surface area contributed by atoms with Crippen molar-refractivity contribution >= 4 is 54.5 Å². The van der Waals surface area contributed by atoms with Gasteiger partial charge < -0.3 is 10.2 Å². The molecule has 1 amide bonds. The first-order valence-corrected chi connectivity index (χ1v) is 18.7. The fourth-order valence-electron chi connectivity index (χ4n) is 5.12. The Hall–Kier alpha value is -4.77. The number of likely N-dealkylation sites (N-methyl/N-ethyl adjacent to an activating group) is 1. The number of hydrogen-bond acceptors (Lipinski definition) is 10. The summed E-state index contributed by atoms with van der Waals surface area (Å²) in [4.78, 5) is 25.7. The molecular weight excluding hydrogens is 669 g/mol. The Labute approximate surface area is 285 Å². The summed E-state index contributed by atoms with van der Waals surface area (Å²) in [5.74, 6) is 0.352. The molecule has 0 bridgehead atoms. The van der Waals surface area contributed by atoms with Crippen molar-refractivity contribution in [2.24, 2.45) is 15.5 Å². The Bertz CT molecular complexity index is 2190. The van der Waals surface area contributed by atoms with Crippen LogP contribution in [0.15, 0.2) is 81.7 Å². The molecule has 3 aromatic carbocycles. The zero-order valence-electron chi connectivity index (χ0n) is 28.0. The maximum Gasteiger partial charge on any atom is 0.294 e. The van der Waals surface area contributed by atoms with Crippen LogP contribution in [-0.2, 0) is 20.1 Å². The number of nitrogens with one attached hydrogen (secondary N) is 2. The molecule has 16 heteroatoms. The van der Waals surface area contributed by atoms with E-state index in [1.165, 1.54) is 23.0 Å². The molecule has 0 unspecified atom stereocenters. The van der Waals surface area contributed by atoms with Crippen LogP contribution in [-0.4, -0.2) is 79.5 Å². The third-order valence-electron chi connectivity index (χ3n) is 7.63. The molecule has 1 aliphatic rings. The van der Waals surface area contributed by atoms with Gasteiger partial charge in [0.15, 0.2) is 5.82 Å². The lowest BCUT2D eigenvalue weighted by atomic mass is 9.87. The molecule has 1 aliphatic heterocycles. The summed E-state index contributed by atoms with van der Waals surface area (Å²) in [6, 6.07) is 17.9. The largest absolute Gasteiger partial charge is 0.370 e. The first kappa shape index (κ1) is 35.5. The molecule has 5 rings (SSSR count). The topological polar surface area (TPSA) is 188 Å². The predicted octanol–water partition coefficient (Wildman–Crippen LogP) is 4.51. The molecule has 0 aliphatic carbocycles. The van der Waals surface area contributed by atoms with E-state index in [4.69, 9.17) is 15.1 Å². The first-order valence-electron chi connectivity index (χ1n) is 15.4. The van der Waals surface area contributed by atoms with Crippen LogP contribution >= 0.6 is 0 Å². The molecule has 4 aromatic rings. The molecule has 49 heavy (non-hydrogen) atoms. The number of aryl methyl sites for hydroxylation is 1. The zero-order valence-corrected chi connectivity index (χ0v) is 29.6. The molecule has 2 heterocycles. The van der Waals surface area contributed by atoms with E-state index in [-0.39, 0.29) is 15.9 Å². The van der Waals surface area contributed by atoms with Gasteiger partial charge in [0.1, 0.15) is 5.71 Å². The number of benzene rings is 3. The van der Waals surface area contributed by atoms with Crippen LogP contribution in [0.2, 0.25) is 0 Å². The van der Waals surface area contributed by atoms with Crippen molar-refractivity contribution < 1.29 is 26.2 Å². The number of sulfonamides is 1. The van der Waals surface area contributed by atoms with Crippen molar-refractivity contribution in [3.05, 3.63) is 83.7 Å². The summed E-state index contributed by atoms with van der Waals surface area (Å²) in [5.41, 5.74) is 4.79. The standard InChI is InChI=1S/C33H38N8O6S2/c1-7-40(18-17-34-48(6,43)44)25-15-16-27(21(2)19-25)36-28-29(33(3,4)5)38-41-31(28)37-30(39-41)22-11-13-24(14-12-22)35-32(42)23-9-8-10-26(20-23)49(45,46)47/h8-16,19-20,34H,7,17-18H2,1-6H3,(H,35,42)(H,45,46,47). The SMILES string of the molecule is CCN(CCNS(C)(=O)=O)c1ccc(N=C2C(C(C)(C)C)=Nn3nc(-c4ccc(NC(=O)c5cccc(S(=O)(=O)O)c5)cc4)nc32)c(C)c1. The first-order chi connectivity index (χ1) is 22.9. The Kier molecular flexibility index (Phi) is 9.88. The highest BCUT2D eigenvalue weighted by atomic mass is 32.2. The highest BCUT2D eigenvalue weighted by molar-refractivity contribution is 7.88. The average Bonchev–Trinajstić information content (AvgIpc) is 3.59. The van der Waals surface area contributed by atoms with Gasteiger partial charge in [-0.15, -0.1) is 9.89 Å². The van der Waals surface area contributed by atoms with E-state index < -0.39 is 26.0 Å². The van der Waals surface area contributed by atoms with Crippen LogP contribution in [0.3, 0.4) is 0 Å². The molecule has 1 aromatic heterocycles. The van der Waals surface area contributed by atoms with E-state index in [0.717, 1.165) is 35.0 Å². The lowest BCUT2D eigenvalue weighted by Crippen LogP contribution is -2.34. The number of carbonyl (C=O) groups excluding carboxylic acids is 1. The maximum atomic E-state index is 12.7. The Balaban J connectivity index is 1.38. The molecule has 0 spiro atoms. The van der Waals surface area contributed by atoms with E-state index in [2.05, 4.69) is 20.0 Å².